The molecule has 3 aromatic rings. The van der Waals surface area contributed by atoms with E-state index in [1.54, 1.807) is 12.1 Å². The van der Waals surface area contributed by atoms with Crippen LogP contribution in [0.15, 0.2) is 48.5 Å². The van der Waals surface area contributed by atoms with Crippen molar-refractivity contribution in [2.45, 2.75) is 71.1 Å². The number of carboxylic acids is 1. The van der Waals surface area contributed by atoms with Crippen LogP contribution in [0.2, 0.25) is 0 Å². The van der Waals surface area contributed by atoms with Crippen molar-refractivity contribution in [3.8, 4) is 22.3 Å². The minimum atomic E-state index is -1.67. The van der Waals surface area contributed by atoms with Gasteiger partial charge in [0.25, 0.3) is 0 Å². The summed E-state index contributed by atoms with van der Waals surface area (Å²) in [4.78, 5) is 11.5. The molecular formula is C32H34F4O2. The van der Waals surface area contributed by atoms with Crippen molar-refractivity contribution in [1.29, 1.82) is 0 Å². The Balaban J connectivity index is 1.50. The first-order valence-corrected chi connectivity index (χ1v) is 13.6. The van der Waals surface area contributed by atoms with Crippen LogP contribution in [0.3, 0.4) is 0 Å². The number of hydrogen-bond acceptors (Lipinski definition) is 1. The minimum Gasteiger partial charge on any atom is -0.478 e. The van der Waals surface area contributed by atoms with Gasteiger partial charge in [-0.15, -0.1) is 0 Å². The van der Waals surface area contributed by atoms with Gasteiger partial charge in [-0.1, -0.05) is 88.6 Å². The normalized spacial score (nSPS) is 17.5. The fraction of sp³-hybridized carbons (Fsp3) is 0.406. The molecule has 2 nitrogen and oxygen atoms in total. The van der Waals surface area contributed by atoms with E-state index in [2.05, 4.69) is 6.92 Å². The lowest BCUT2D eigenvalue weighted by Gasteiger charge is -2.28. The zero-order valence-electron chi connectivity index (χ0n) is 21.7. The summed E-state index contributed by atoms with van der Waals surface area (Å²) >= 11 is 0. The number of hydrogen-bond donors (Lipinski definition) is 1. The Labute approximate surface area is 221 Å². The van der Waals surface area contributed by atoms with Gasteiger partial charge in [0.05, 0.1) is 5.56 Å². The second-order valence-electron chi connectivity index (χ2n) is 10.5. The van der Waals surface area contributed by atoms with E-state index in [1.165, 1.54) is 57.4 Å². The highest BCUT2D eigenvalue weighted by molar-refractivity contribution is 5.94. The smallest absolute Gasteiger partial charge is 0.338 e. The molecule has 0 radical (unpaired) electrons. The third kappa shape index (κ3) is 6.46. The molecule has 1 saturated carbocycles. The predicted octanol–water partition coefficient (Wildman–Crippen LogP) is 9.59. The molecule has 4 rings (SSSR count). The summed E-state index contributed by atoms with van der Waals surface area (Å²) in [6, 6.07) is 11.4. The Hall–Kier alpha value is -3.15. The number of carbonyl (C=O) groups is 1. The highest BCUT2D eigenvalue weighted by Crippen LogP contribution is 2.38. The summed E-state index contributed by atoms with van der Waals surface area (Å²) in [5, 5.41) is 9.37. The largest absolute Gasteiger partial charge is 0.478 e. The van der Waals surface area contributed by atoms with E-state index in [4.69, 9.17) is 0 Å². The van der Waals surface area contributed by atoms with Crippen LogP contribution < -0.4 is 0 Å². The number of aryl methyl sites for hydroxylation is 1. The monoisotopic (exact) mass is 526 g/mol. The van der Waals surface area contributed by atoms with E-state index >= 15 is 4.39 Å². The van der Waals surface area contributed by atoms with Crippen molar-refractivity contribution in [1.82, 2.24) is 0 Å². The molecule has 0 saturated heterocycles. The SMILES string of the molecule is CCCCCC1CCC(CCc2ccc(-c3ccc(C(=O)O)c(F)c3-c3cc(F)c(F)c(F)c3)cc2)CC1. The number of rotatable bonds is 10. The third-order valence-electron chi connectivity index (χ3n) is 7.93. The second kappa shape index (κ2) is 12.6. The molecule has 1 N–H and O–H groups in total. The predicted molar refractivity (Wildman–Crippen MR) is 142 cm³/mol. The topological polar surface area (TPSA) is 37.3 Å². The maximum atomic E-state index is 15.3. The molecule has 0 aliphatic heterocycles. The molecule has 3 aromatic carbocycles. The molecule has 0 unspecified atom stereocenters. The van der Waals surface area contributed by atoms with Crippen LogP contribution in [0, 0.1) is 35.1 Å². The van der Waals surface area contributed by atoms with Gasteiger partial charge in [-0.25, -0.2) is 22.4 Å². The van der Waals surface area contributed by atoms with Crippen LogP contribution in [0.5, 0.6) is 0 Å². The van der Waals surface area contributed by atoms with Crippen molar-refractivity contribution >= 4 is 5.97 Å². The molecular weight excluding hydrogens is 492 g/mol. The van der Waals surface area contributed by atoms with Crippen LogP contribution in [-0.4, -0.2) is 11.1 Å². The lowest BCUT2D eigenvalue weighted by Crippen LogP contribution is -2.15. The summed E-state index contributed by atoms with van der Waals surface area (Å²) in [5.74, 6) is -5.65. The zero-order valence-corrected chi connectivity index (χ0v) is 21.7. The maximum absolute atomic E-state index is 15.3. The van der Waals surface area contributed by atoms with Crippen LogP contribution in [0.1, 0.15) is 80.6 Å². The molecule has 202 valence electrons. The van der Waals surface area contributed by atoms with E-state index in [-0.39, 0.29) is 16.7 Å². The molecule has 0 atom stereocenters. The quantitative estimate of drug-likeness (QED) is 0.162. The first kappa shape index (κ1) is 27.9. The van der Waals surface area contributed by atoms with Gasteiger partial charge in [0.1, 0.15) is 5.82 Å². The van der Waals surface area contributed by atoms with Gasteiger partial charge in [-0.2, -0.15) is 0 Å². The second-order valence-corrected chi connectivity index (χ2v) is 10.5. The van der Waals surface area contributed by atoms with Crippen molar-refractivity contribution in [2.24, 2.45) is 11.8 Å². The first-order chi connectivity index (χ1) is 18.3. The van der Waals surface area contributed by atoms with E-state index in [9.17, 15) is 23.1 Å². The van der Waals surface area contributed by atoms with Crippen molar-refractivity contribution in [3.63, 3.8) is 0 Å². The Morgan fingerprint density at radius 2 is 1.39 bits per heavy atom. The lowest BCUT2D eigenvalue weighted by atomic mass is 9.77. The molecule has 1 aliphatic rings. The lowest BCUT2D eigenvalue weighted by molar-refractivity contribution is 0.0692. The molecule has 6 heteroatoms. The first-order valence-electron chi connectivity index (χ1n) is 13.6. The van der Waals surface area contributed by atoms with E-state index in [0.717, 1.165) is 36.3 Å². The number of aromatic carboxylic acids is 1. The average molecular weight is 527 g/mol. The van der Waals surface area contributed by atoms with Gasteiger partial charge in [0.2, 0.25) is 0 Å². The van der Waals surface area contributed by atoms with Crippen LogP contribution in [-0.2, 0) is 6.42 Å². The Morgan fingerprint density at radius 3 is 1.97 bits per heavy atom. The van der Waals surface area contributed by atoms with Gasteiger partial charge < -0.3 is 5.11 Å². The molecule has 0 heterocycles. The van der Waals surface area contributed by atoms with E-state index in [0.29, 0.717) is 17.7 Å². The number of carboxylic acid groups (broad SMARTS) is 1. The summed E-state index contributed by atoms with van der Waals surface area (Å²) < 4.78 is 56.8. The highest BCUT2D eigenvalue weighted by Gasteiger charge is 2.23. The Morgan fingerprint density at radius 1 is 0.789 bits per heavy atom. The molecule has 0 aromatic heterocycles. The fourth-order valence-electron chi connectivity index (χ4n) is 5.68. The highest BCUT2D eigenvalue weighted by atomic mass is 19.2. The summed E-state index contributed by atoms with van der Waals surface area (Å²) in [6.45, 7) is 2.24. The van der Waals surface area contributed by atoms with Crippen LogP contribution in [0.25, 0.3) is 22.3 Å². The van der Waals surface area contributed by atoms with Gasteiger partial charge >= 0.3 is 5.97 Å². The number of benzene rings is 3. The summed E-state index contributed by atoms with van der Waals surface area (Å²) in [5.41, 5.74) is 0.785. The minimum absolute atomic E-state index is 0.269. The zero-order chi connectivity index (χ0) is 27.2. The van der Waals surface area contributed by atoms with Crippen LogP contribution in [0.4, 0.5) is 17.6 Å². The van der Waals surface area contributed by atoms with E-state index in [1.807, 2.05) is 12.1 Å². The molecule has 1 fully saturated rings. The van der Waals surface area contributed by atoms with Gasteiger partial charge in [-0.05, 0) is 65.1 Å². The maximum Gasteiger partial charge on any atom is 0.338 e. The van der Waals surface area contributed by atoms with Crippen molar-refractivity contribution in [3.05, 3.63) is 82.9 Å². The Kier molecular flexibility index (Phi) is 9.24. The Bertz CT molecular complexity index is 1240. The number of halogens is 4. The van der Waals surface area contributed by atoms with E-state index < -0.39 is 34.8 Å². The standard InChI is InChI=1S/C32H34F4O2/c1-2-3-4-5-20-6-8-21(9-7-20)10-11-22-12-14-23(15-13-22)25-16-17-26(32(37)38)30(35)29(25)24-18-27(33)31(36)28(34)19-24/h12-21H,2-11H2,1H3,(H,37,38). The molecule has 0 bridgehead atoms. The summed E-state index contributed by atoms with van der Waals surface area (Å²) in [6.07, 6.45) is 12.5. The van der Waals surface area contributed by atoms with Gasteiger partial charge in [-0.3, -0.25) is 0 Å². The molecule has 38 heavy (non-hydrogen) atoms. The molecule has 0 amide bonds. The van der Waals surface area contributed by atoms with Crippen LogP contribution >= 0.6 is 0 Å². The summed E-state index contributed by atoms with van der Waals surface area (Å²) in [7, 11) is 0. The van der Waals surface area contributed by atoms with Crippen molar-refractivity contribution < 1.29 is 27.5 Å². The third-order valence-corrected chi connectivity index (χ3v) is 7.93. The average Bonchev–Trinajstić information content (AvgIpc) is 2.91. The number of unbranched alkanes of at least 4 members (excludes halogenated alkanes) is 2. The van der Waals surface area contributed by atoms with Crippen molar-refractivity contribution in [2.75, 3.05) is 0 Å². The van der Waals surface area contributed by atoms with Gasteiger partial charge in [0, 0.05) is 5.56 Å². The molecule has 0 spiro atoms. The van der Waals surface area contributed by atoms with Gasteiger partial charge in [0.15, 0.2) is 17.5 Å². The fourth-order valence-corrected chi connectivity index (χ4v) is 5.68. The molecule has 1 aliphatic carbocycles.